The van der Waals surface area contributed by atoms with Gasteiger partial charge in [0, 0.05) is 45.3 Å². The molecule has 10 nitrogen and oxygen atoms in total. The Morgan fingerprint density at radius 2 is 1.85 bits per heavy atom. The number of phenols is 1. The number of aryl methyl sites for hydroxylation is 2. The summed E-state index contributed by atoms with van der Waals surface area (Å²) in [5.74, 6) is -3.66. The number of aromatic hydroxyl groups is 1. The van der Waals surface area contributed by atoms with Crippen molar-refractivity contribution in [2.24, 2.45) is 36.1 Å². The summed E-state index contributed by atoms with van der Waals surface area (Å²) in [6.07, 6.45) is 2.59. The molecule has 0 bridgehead atoms. The third-order valence-electron chi connectivity index (χ3n) is 12.0. The topological polar surface area (TPSA) is 122 Å². The van der Waals surface area contributed by atoms with E-state index in [2.05, 4.69) is 0 Å². The van der Waals surface area contributed by atoms with E-state index in [1.54, 1.807) is 41.3 Å². The van der Waals surface area contributed by atoms with Crippen LogP contribution in [-0.2, 0) is 32.8 Å². The number of carbonyl (C=O) groups excluding carboxylic acids is 4. The quantitative estimate of drug-likeness (QED) is 0.141. The second-order valence-corrected chi connectivity index (χ2v) is 17.2. The molecule has 1 N–H and O–H groups in total. The molecule has 0 radical (unpaired) electrons. The zero-order valence-electron chi connectivity index (χ0n) is 29.3. The SMILES string of the molecule is COc1cc(O)ccc1C1C2=CCC3C(=O)N(Cc4cccs4)C(=O)C3C2CC2C(=O)N(c3cc(-c4sc5ccc(Cl)cc5c4C)nn3C)C(=O)C21C. The summed E-state index contributed by atoms with van der Waals surface area (Å²) in [7, 11) is 3.22. The molecule has 2 aromatic carbocycles. The summed E-state index contributed by atoms with van der Waals surface area (Å²) in [5, 5.41) is 18.8. The Morgan fingerprint density at radius 3 is 2.60 bits per heavy atom. The molecule has 13 heteroatoms. The lowest BCUT2D eigenvalue weighted by atomic mass is 9.51. The number of halogens is 1. The second kappa shape index (κ2) is 12.1. The van der Waals surface area contributed by atoms with Crippen LogP contribution in [0, 0.1) is 36.0 Å². The number of hydrogen-bond acceptors (Lipinski definition) is 9. The number of amides is 4. The van der Waals surface area contributed by atoms with Crippen LogP contribution in [0.5, 0.6) is 11.5 Å². The highest BCUT2D eigenvalue weighted by atomic mass is 35.5. The highest BCUT2D eigenvalue weighted by molar-refractivity contribution is 7.22. The number of methoxy groups -OCH3 is 1. The van der Waals surface area contributed by atoms with Gasteiger partial charge in [0.05, 0.1) is 41.7 Å². The molecule has 3 fully saturated rings. The fourth-order valence-electron chi connectivity index (χ4n) is 9.51. The summed E-state index contributed by atoms with van der Waals surface area (Å²) in [6.45, 7) is 4.05. The standard InChI is InChI=1S/C40H35ClN4O6S2/c1-19-26-14-20(41)7-12-31(26)53-35(19)29-17-32(43(3)42-29)45-37(48)28-16-27-23(34(40(28,2)39(45)50)24-9-8-21(46)15-30(24)51-4)10-11-25-33(27)38(49)44(36(25)47)18-22-6-5-13-52-22/h5-10,12-15,17,25,27-28,33-34,46H,11,16,18H2,1-4H3. The van der Waals surface area contributed by atoms with Crippen LogP contribution in [0.4, 0.5) is 5.82 Å². The molecule has 4 aliphatic rings. The number of imide groups is 2. The molecule has 4 amide bonds. The third-order valence-corrected chi connectivity index (χ3v) is 14.4. The summed E-state index contributed by atoms with van der Waals surface area (Å²) in [4.78, 5) is 62.6. The van der Waals surface area contributed by atoms with Crippen LogP contribution in [0.3, 0.4) is 0 Å². The zero-order chi connectivity index (χ0) is 37.1. The number of nitrogens with zero attached hydrogens (tertiary/aromatic N) is 4. The van der Waals surface area contributed by atoms with Gasteiger partial charge in [-0.2, -0.15) is 5.10 Å². The molecule has 1 saturated carbocycles. The van der Waals surface area contributed by atoms with Gasteiger partial charge >= 0.3 is 0 Å². The van der Waals surface area contributed by atoms with Crippen molar-refractivity contribution >= 4 is 73.8 Å². The van der Waals surface area contributed by atoms with Crippen LogP contribution < -0.4 is 9.64 Å². The molecule has 0 spiro atoms. The Morgan fingerprint density at radius 1 is 1.04 bits per heavy atom. The molecule has 5 heterocycles. The Balaban J connectivity index is 1.15. The molecule has 2 aliphatic heterocycles. The van der Waals surface area contributed by atoms with E-state index in [-0.39, 0.29) is 42.3 Å². The van der Waals surface area contributed by atoms with Crippen LogP contribution in [0.15, 0.2) is 71.6 Å². The average Bonchev–Trinajstić information content (AvgIpc) is 3.95. The van der Waals surface area contributed by atoms with Gasteiger partial charge in [-0.15, -0.1) is 22.7 Å². The molecule has 53 heavy (non-hydrogen) atoms. The molecular formula is C40H35ClN4O6S2. The van der Waals surface area contributed by atoms with Gasteiger partial charge in [0.15, 0.2) is 0 Å². The van der Waals surface area contributed by atoms with E-state index in [4.69, 9.17) is 21.4 Å². The van der Waals surface area contributed by atoms with E-state index >= 15 is 4.79 Å². The number of ether oxygens (including phenoxy) is 1. The van der Waals surface area contributed by atoms with Crippen LogP contribution in [0.25, 0.3) is 20.7 Å². The number of thiophene rings is 2. The van der Waals surface area contributed by atoms with Gasteiger partial charge in [0.1, 0.15) is 23.0 Å². The molecule has 6 unspecified atom stereocenters. The van der Waals surface area contributed by atoms with Gasteiger partial charge in [0.25, 0.3) is 0 Å². The molecule has 2 aliphatic carbocycles. The first-order chi connectivity index (χ1) is 25.4. The predicted octanol–water partition coefficient (Wildman–Crippen LogP) is 7.47. The first kappa shape index (κ1) is 34.0. The molecule has 270 valence electrons. The lowest BCUT2D eigenvalue weighted by molar-refractivity contribution is -0.141. The van der Waals surface area contributed by atoms with Gasteiger partial charge < -0.3 is 9.84 Å². The minimum atomic E-state index is -1.28. The van der Waals surface area contributed by atoms with Crippen molar-refractivity contribution < 1.29 is 29.0 Å². The summed E-state index contributed by atoms with van der Waals surface area (Å²) in [5.41, 5.74) is 1.84. The lowest BCUT2D eigenvalue weighted by Crippen LogP contribution is -2.49. The van der Waals surface area contributed by atoms with Crippen LogP contribution >= 0.6 is 34.3 Å². The highest BCUT2D eigenvalue weighted by Crippen LogP contribution is 2.64. The fraction of sp³-hybridized carbons (Fsp3) is 0.325. The summed E-state index contributed by atoms with van der Waals surface area (Å²) in [6, 6.07) is 16.1. The van der Waals surface area contributed by atoms with Gasteiger partial charge in [-0.3, -0.25) is 28.8 Å². The average molecular weight is 767 g/mol. The van der Waals surface area contributed by atoms with E-state index in [1.165, 1.54) is 34.3 Å². The Hall–Kier alpha value is -4.78. The van der Waals surface area contributed by atoms with Crippen molar-refractivity contribution in [2.45, 2.75) is 39.2 Å². The normalized spacial score (nSPS) is 26.7. The first-order valence-corrected chi connectivity index (χ1v) is 19.6. The minimum Gasteiger partial charge on any atom is -0.508 e. The highest BCUT2D eigenvalue weighted by Gasteiger charge is 2.68. The van der Waals surface area contributed by atoms with Crippen LogP contribution in [-0.4, -0.2) is 50.5 Å². The number of carbonyl (C=O) groups is 4. The Kier molecular flexibility index (Phi) is 7.78. The smallest absolute Gasteiger partial charge is 0.242 e. The fourth-order valence-corrected chi connectivity index (χ4v) is 11.5. The number of likely N-dealkylation sites (tertiary alicyclic amines) is 1. The van der Waals surface area contributed by atoms with Gasteiger partial charge in [0.2, 0.25) is 23.6 Å². The van der Waals surface area contributed by atoms with Crippen molar-refractivity contribution in [2.75, 3.05) is 12.0 Å². The molecule has 6 atom stereocenters. The first-order valence-electron chi connectivity index (χ1n) is 17.5. The predicted molar refractivity (Wildman–Crippen MR) is 203 cm³/mol. The Labute approximate surface area is 318 Å². The summed E-state index contributed by atoms with van der Waals surface area (Å²) >= 11 is 9.38. The van der Waals surface area contributed by atoms with Crippen molar-refractivity contribution in [1.82, 2.24) is 14.7 Å². The maximum absolute atomic E-state index is 15.1. The lowest BCUT2D eigenvalue weighted by Gasteiger charge is -2.49. The maximum Gasteiger partial charge on any atom is 0.242 e. The van der Waals surface area contributed by atoms with Crippen molar-refractivity contribution in [3.8, 4) is 22.1 Å². The molecule has 9 rings (SSSR count). The number of anilines is 1. The molecule has 3 aromatic heterocycles. The summed E-state index contributed by atoms with van der Waals surface area (Å²) < 4.78 is 8.42. The minimum absolute atomic E-state index is 0.00481. The number of hydrogen-bond donors (Lipinski definition) is 1. The molecular weight excluding hydrogens is 732 g/mol. The maximum atomic E-state index is 15.1. The van der Waals surface area contributed by atoms with E-state index in [0.29, 0.717) is 34.3 Å². The van der Waals surface area contributed by atoms with Crippen molar-refractivity contribution in [3.63, 3.8) is 0 Å². The van der Waals surface area contributed by atoms with Crippen molar-refractivity contribution in [3.05, 3.63) is 92.7 Å². The number of fused-ring (bicyclic) bond motifs is 5. The number of benzene rings is 2. The molecule has 5 aromatic rings. The van der Waals surface area contributed by atoms with Crippen LogP contribution in [0.2, 0.25) is 5.02 Å². The number of aromatic nitrogens is 2. The third kappa shape index (κ3) is 4.84. The monoisotopic (exact) mass is 766 g/mol. The largest absolute Gasteiger partial charge is 0.508 e. The van der Waals surface area contributed by atoms with Gasteiger partial charge in [-0.1, -0.05) is 35.4 Å². The number of rotatable bonds is 6. The Bertz CT molecular complexity index is 2430. The zero-order valence-corrected chi connectivity index (χ0v) is 31.7. The second-order valence-electron chi connectivity index (χ2n) is 14.6. The number of phenolic OH excluding ortho intramolecular Hbond substituents is 1. The molecule has 2 saturated heterocycles. The van der Waals surface area contributed by atoms with E-state index in [9.17, 15) is 19.5 Å². The van der Waals surface area contributed by atoms with E-state index in [1.807, 2.05) is 55.6 Å². The van der Waals surface area contributed by atoms with Gasteiger partial charge in [-0.25, -0.2) is 4.90 Å². The van der Waals surface area contributed by atoms with Crippen LogP contribution in [0.1, 0.15) is 41.7 Å². The van der Waals surface area contributed by atoms with E-state index in [0.717, 1.165) is 31.0 Å². The number of allylic oxidation sites excluding steroid dienone is 2. The van der Waals surface area contributed by atoms with Crippen molar-refractivity contribution in [1.29, 1.82) is 0 Å². The van der Waals surface area contributed by atoms with Gasteiger partial charge in [-0.05, 0) is 79.3 Å². The van der Waals surface area contributed by atoms with E-state index < -0.39 is 35.0 Å².